The van der Waals surface area contributed by atoms with Gasteiger partial charge in [0.15, 0.2) is 0 Å². The van der Waals surface area contributed by atoms with Crippen molar-refractivity contribution < 1.29 is 9.18 Å². The van der Waals surface area contributed by atoms with Crippen molar-refractivity contribution in [2.75, 3.05) is 0 Å². The lowest BCUT2D eigenvalue weighted by molar-refractivity contribution is -0.108. The fraction of sp³-hybridized carbons (Fsp3) is 0.300. The molecule has 0 N–H and O–H groups in total. The molecule has 1 nitrogen and oxygen atoms in total. The lowest BCUT2D eigenvalue weighted by Gasteiger charge is -1.99. The highest BCUT2D eigenvalue weighted by molar-refractivity contribution is 6.30. The molecule has 0 aliphatic heterocycles. The maximum atomic E-state index is 12.8. The fourth-order valence-electron chi connectivity index (χ4n) is 1.49. The summed E-state index contributed by atoms with van der Waals surface area (Å²) in [6.07, 6.45) is 1.81. The van der Waals surface area contributed by atoms with E-state index < -0.39 is 5.82 Å². The summed E-state index contributed by atoms with van der Waals surface area (Å²) in [4.78, 5) is 10.4. The van der Waals surface area contributed by atoms with Crippen molar-refractivity contribution in [1.82, 2.24) is 0 Å². The first-order valence-corrected chi connectivity index (χ1v) is 4.50. The highest BCUT2D eigenvalue weighted by Gasteiger charge is 2.38. The molecule has 0 saturated heterocycles. The van der Waals surface area contributed by atoms with Crippen molar-refractivity contribution in [2.24, 2.45) is 5.92 Å². The number of benzene rings is 1. The molecule has 68 valence electrons. The van der Waals surface area contributed by atoms with Crippen LogP contribution in [0.25, 0.3) is 0 Å². The van der Waals surface area contributed by atoms with Crippen molar-refractivity contribution in [3.63, 3.8) is 0 Å². The van der Waals surface area contributed by atoms with Crippen LogP contribution in [0.3, 0.4) is 0 Å². The minimum Gasteiger partial charge on any atom is -0.303 e. The summed E-state index contributed by atoms with van der Waals surface area (Å²) >= 11 is 5.61. The monoisotopic (exact) mass is 198 g/mol. The van der Waals surface area contributed by atoms with Gasteiger partial charge in [0.25, 0.3) is 0 Å². The molecule has 2 atom stereocenters. The summed E-state index contributed by atoms with van der Waals surface area (Å²) in [6, 6.07) is 4.64. The van der Waals surface area contributed by atoms with E-state index >= 15 is 0 Å². The number of rotatable bonds is 2. The molecule has 2 rings (SSSR count). The van der Waals surface area contributed by atoms with Crippen LogP contribution in [0.4, 0.5) is 4.39 Å². The van der Waals surface area contributed by atoms with Gasteiger partial charge >= 0.3 is 0 Å². The minimum absolute atomic E-state index is 0.113. The minimum atomic E-state index is -0.409. The van der Waals surface area contributed by atoms with Crippen LogP contribution in [-0.4, -0.2) is 6.29 Å². The Bertz CT molecular complexity index is 351. The van der Waals surface area contributed by atoms with Gasteiger partial charge in [0.2, 0.25) is 0 Å². The normalized spacial score (nSPS) is 25.7. The molecule has 0 heterocycles. The number of carbonyl (C=O) groups is 1. The first-order valence-electron chi connectivity index (χ1n) is 4.12. The van der Waals surface area contributed by atoms with E-state index in [0.717, 1.165) is 18.3 Å². The lowest BCUT2D eigenvalue weighted by Crippen LogP contribution is -1.86. The zero-order chi connectivity index (χ0) is 9.42. The second-order valence-electron chi connectivity index (χ2n) is 3.32. The molecular weight excluding hydrogens is 191 g/mol. The Kier molecular flexibility index (Phi) is 2.08. The Morgan fingerprint density at radius 3 is 2.85 bits per heavy atom. The van der Waals surface area contributed by atoms with E-state index in [1.165, 1.54) is 6.07 Å². The van der Waals surface area contributed by atoms with Gasteiger partial charge < -0.3 is 4.79 Å². The number of carbonyl (C=O) groups excluding carboxylic acids is 1. The predicted octanol–water partition coefficient (Wildman–Crippen LogP) is 2.78. The van der Waals surface area contributed by atoms with E-state index in [0.29, 0.717) is 0 Å². The van der Waals surface area contributed by atoms with Gasteiger partial charge in [0, 0.05) is 5.92 Å². The Morgan fingerprint density at radius 2 is 2.31 bits per heavy atom. The average Bonchev–Trinajstić information content (AvgIpc) is 2.88. The third-order valence-corrected chi connectivity index (χ3v) is 2.68. The van der Waals surface area contributed by atoms with Gasteiger partial charge in [0.05, 0.1) is 5.02 Å². The van der Waals surface area contributed by atoms with E-state index in [1.807, 2.05) is 0 Å². The molecule has 0 spiro atoms. The van der Waals surface area contributed by atoms with Crippen molar-refractivity contribution in [3.05, 3.63) is 34.6 Å². The van der Waals surface area contributed by atoms with Crippen LogP contribution in [0, 0.1) is 11.7 Å². The molecule has 3 heteroatoms. The summed E-state index contributed by atoms with van der Waals surface area (Å²) in [7, 11) is 0. The van der Waals surface area contributed by atoms with Crippen LogP contribution in [-0.2, 0) is 4.79 Å². The molecule has 1 aromatic rings. The predicted molar refractivity (Wildman–Crippen MR) is 48.3 cm³/mol. The van der Waals surface area contributed by atoms with E-state index in [9.17, 15) is 9.18 Å². The van der Waals surface area contributed by atoms with Crippen LogP contribution in [0.2, 0.25) is 5.02 Å². The number of aldehydes is 1. The average molecular weight is 199 g/mol. The summed E-state index contributed by atoms with van der Waals surface area (Å²) < 4.78 is 12.8. The fourth-order valence-corrected chi connectivity index (χ4v) is 1.68. The van der Waals surface area contributed by atoms with Gasteiger partial charge in [-0.25, -0.2) is 4.39 Å². The Balaban J connectivity index is 2.23. The Morgan fingerprint density at radius 1 is 1.54 bits per heavy atom. The topological polar surface area (TPSA) is 17.1 Å². The van der Waals surface area contributed by atoms with Crippen molar-refractivity contribution in [2.45, 2.75) is 12.3 Å². The molecule has 1 aliphatic carbocycles. The van der Waals surface area contributed by atoms with Crippen LogP contribution in [0.1, 0.15) is 17.9 Å². The highest BCUT2D eigenvalue weighted by atomic mass is 35.5. The SMILES string of the molecule is O=CC1CC1c1ccc(F)c(Cl)c1. The number of hydrogen-bond acceptors (Lipinski definition) is 1. The smallest absolute Gasteiger partial charge is 0.141 e. The first kappa shape index (κ1) is 8.70. The van der Waals surface area contributed by atoms with Crippen molar-refractivity contribution in [3.8, 4) is 0 Å². The second kappa shape index (κ2) is 3.11. The highest BCUT2D eigenvalue weighted by Crippen LogP contribution is 2.46. The molecule has 1 fully saturated rings. The molecule has 2 unspecified atom stereocenters. The van der Waals surface area contributed by atoms with Crippen LogP contribution in [0.5, 0.6) is 0 Å². The van der Waals surface area contributed by atoms with Gasteiger partial charge in [-0.3, -0.25) is 0 Å². The summed E-state index contributed by atoms with van der Waals surface area (Å²) in [5.74, 6) is -0.0363. The Hall–Kier alpha value is -0.890. The molecule has 0 radical (unpaired) electrons. The van der Waals surface area contributed by atoms with Crippen LogP contribution >= 0.6 is 11.6 Å². The van der Waals surface area contributed by atoms with E-state index in [1.54, 1.807) is 12.1 Å². The quantitative estimate of drug-likeness (QED) is 0.668. The van der Waals surface area contributed by atoms with Gasteiger partial charge in [-0.2, -0.15) is 0 Å². The molecule has 0 aromatic heterocycles. The van der Waals surface area contributed by atoms with Crippen molar-refractivity contribution in [1.29, 1.82) is 0 Å². The zero-order valence-corrected chi connectivity index (χ0v) is 7.59. The molecule has 0 bridgehead atoms. The summed E-state index contributed by atoms with van der Waals surface area (Å²) in [5, 5.41) is 0.133. The maximum Gasteiger partial charge on any atom is 0.141 e. The molecular formula is C10H8ClFO. The van der Waals surface area contributed by atoms with Gasteiger partial charge in [0.1, 0.15) is 12.1 Å². The summed E-state index contributed by atoms with van der Waals surface area (Å²) in [6.45, 7) is 0. The van der Waals surface area contributed by atoms with E-state index in [2.05, 4.69) is 0 Å². The third kappa shape index (κ3) is 1.59. The lowest BCUT2D eigenvalue weighted by atomic mass is 10.1. The zero-order valence-electron chi connectivity index (χ0n) is 6.84. The second-order valence-corrected chi connectivity index (χ2v) is 3.72. The van der Waals surface area contributed by atoms with E-state index in [-0.39, 0.29) is 16.9 Å². The molecule has 0 amide bonds. The first-order chi connectivity index (χ1) is 6.22. The maximum absolute atomic E-state index is 12.8. The van der Waals surface area contributed by atoms with E-state index in [4.69, 9.17) is 11.6 Å². The largest absolute Gasteiger partial charge is 0.303 e. The number of hydrogen-bond donors (Lipinski definition) is 0. The van der Waals surface area contributed by atoms with Gasteiger partial charge in [-0.1, -0.05) is 17.7 Å². The van der Waals surface area contributed by atoms with Crippen LogP contribution in [0.15, 0.2) is 18.2 Å². The molecule has 13 heavy (non-hydrogen) atoms. The number of halogens is 2. The van der Waals surface area contributed by atoms with Gasteiger partial charge in [-0.05, 0) is 30.0 Å². The van der Waals surface area contributed by atoms with Crippen LogP contribution < -0.4 is 0 Å². The molecule has 1 saturated carbocycles. The Labute approximate surface area is 80.5 Å². The van der Waals surface area contributed by atoms with Gasteiger partial charge in [-0.15, -0.1) is 0 Å². The third-order valence-electron chi connectivity index (χ3n) is 2.39. The standard InChI is InChI=1S/C10H8ClFO/c11-9-4-6(1-2-10(9)12)8-3-7(8)5-13/h1-2,4-5,7-8H,3H2. The molecule has 1 aromatic carbocycles. The summed E-state index contributed by atoms with van der Waals surface area (Å²) in [5.41, 5.74) is 0.962. The molecule has 1 aliphatic rings. The van der Waals surface area contributed by atoms with Crippen molar-refractivity contribution >= 4 is 17.9 Å².